The maximum atomic E-state index is 14.0. The summed E-state index contributed by atoms with van der Waals surface area (Å²) in [6.07, 6.45) is -2.38. The highest BCUT2D eigenvalue weighted by Crippen LogP contribution is 2.33. The first-order chi connectivity index (χ1) is 21.9. The van der Waals surface area contributed by atoms with E-state index >= 15 is 0 Å². The molecule has 13 heteroatoms. The fourth-order valence-corrected chi connectivity index (χ4v) is 5.83. The van der Waals surface area contributed by atoms with Crippen molar-refractivity contribution in [3.8, 4) is 22.8 Å². The van der Waals surface area contributed by atoms with Crippen LogP contribution in [0, 0.1) is 5.82 Å². The summed E-state index contributed by atoms with van der Waals surface area (Å²) in [7, 11) is 0. The number of nitrogens with one attached hydrogen (secondary N) is 1. The lowest BCUT2D eigenvalue weighted by Gasteiger charge is -2.32. The third-order valence-electron chi connectivity index (χ3n) is 7.35. The second kappa shape index (κ2) is 13.8. The molecule has 2 heterocycles. The molecule has 0 saturated carbocycles. The van der Waals surface area contributed by atoms with Gasteiger partial charge < -0.3 is 15.0 Å². The molecule has 46 heavy (non-hydrogen) atoms. The molecule has 0 unspecified atom stereocenters. The molecule has 2 amide bonds. The van der Waals surface area contributed by atoms with E-state index in [4.69, 9.17) is 0 Å². The zero-order chi connectivity index (χ0) is 33.0. The Bertz CT molecular complexity index is 1770. The predicted octanol–water partition coefficient (Wildman–Crippen LogP) is 8.56. The fourth-order valence-electron chi connectivity index (χ4n) is 4.88. The SMILES string of the molecule is C/C(NC(=O)N=C1SCCCN1c1ccc(F)cc1C(C)C)=C(/C)c1ccc(-c2ncn(-c3ccc(OC(F)(F)F)cc3)n2)cc1. The molecule has 1 aliphatic heterocycles. The Hall–Kier alpha value is -4.65. The smallest absolute Gasteiger partial charge is 0.406 e. The van der Waals surface area contributed by atoms with Crippen LogP contribution >= 0.6 is 11.8 Å². The molecule has 0 aliphatic carbocycles. The molecule has 1 saturated heterocycles. The number of ether oxygens (including phenoxy) is 1. The Morgan fingerprint density at radius 1 is 1.04 bits per heavy atom. The monoisotopic (exact) mass is 652 g/mol. The molecule has 5 rings (SSSR count). The van der Waals surface area contributed by atoms with Crippen molar-refractivity contribution in [3.05, 3.63) is 95.7 Å². The van der Waals surface area contributed by atoms with Gasteiger partial charge in [-0.05, 0) is 85.4 Å². The maximum absolute atomic E-state index is 14.0. The molecule has 1 fully saturated rings. The van der Waals surface area contributed by atoms with E-state index < -0.39 is 12.4 Å². The van der Waals surface area contributed by atoms with Gasteiger partial charge in [-0.15, -0.1) is 18.3 Å². The van der Waals surface area contributed by atoms with Gasteiger partial charge in [0.15, 0.2) is 11.0 Å². The van der Waals surface area contributed by atoms with Crippen LogP contribution in [0.5, 0.6) is 5.75 Å². The highest BCUT2D eigenvalue weighted by Gasteiger charge is 2.31. The molecular weight excluding hydrogens is 620 g/mol. The van der Waals surface area contributed by atoms with Gasteiger partial charge in [0.05, 0.1) is 5.69 Å². The van der Waals surface area contributed by atoms with E-state index in [1.54, 1.807) is 19.1 Å². The minimum absolute atomic E-state index is 0.0981. The Morgan fingerprint density at radius 3 is 2.43 bits per heavy atom. The van der Waals surface area contributed by atoms with Crippen molar-refractivity contribution < 1.29 is 27.1 Å². The van der Waals surface area contributed by atoms with Crippen LogP contribution < -0.4 is 15.0 Å². The number of amidine groups is 1. The summed E-state index contributed by atoms with van der Waals surface area (Å²) in [6, 6.07) is 17.0. The van der Waals surface area contributed by atoms with Crippen molar-refractivity contribution in [2.75, 3.05) is 17.2 Å². The van der Waals surface area contributed by atoms with Gasteiger partial charge in [-0.3, -0.25) is 0 Å². The molecule has 3 aromatic carbocycles. The lowest BCUT2D eigenvalue weighted by molar-refractivity contribution is -0.274. The van der Waals surface area contributed by atoms with Crippen molar-refractivity contribution in [1.82, 2.24) is 20.1 Å². The van der Waals surface area contributed by atoms with Crippen molar-refractivity contribution in [2.24, 2.45) is 4.99 Å². The first-order valence-electron chi connectivity index (χ1n) is 14.5. The number of urea groups is 1. The number of aromatic nitrogens is 3. The van der Waals surface area contributed by atoms with Crippen LogP contribution in [0.3, 0.4) is 0 Å². The molecule has 4 aromatic rings. The molecular formula is C33H32F4N6O2S. The Morgan fingerprint density at radius 2 is 1.76 bits per heavy atom. The summed E-state index contributed by atoms with van der Waals surface area (Å²) in [5.74, 6) is 0.740. The summed E-state index contributed by atoms with van der Waals surface area (Å²) >= 11 is 1.50. The van der Waals surface area contributed by atoms with Crippen molar-refractivity contribution in [1.29, 1.82) is 0 Å². The van der Waals surface area contributed by atoms with E-state index in [0.717, 1.165) is 40.1 Å². The van der Waals surface area contributed by atoms with E-state index in [0.29, 0.717) is 28.9 Å². The topological polar surface area (TPSA) is 84.6 Å². The second-order valence-corrected chi connectivity index (χ2v) is 12.0. The molecule has 1 aliphatic rings. The number of anilines is 1. The van der Waals surface area contributed by atoms with Crippen molar-refractivity contribution in [3.63, 3.8) is 0 Å². The number of thioether (sulfide) groups is 1. The van der Waals surface area contributed by atoms with Gasteiger partial charge in [0.2, 0.25) is 0 Å². The first-order valence-corrected chi connectivity index (χ1v) is 15.5. The largest absolute Gasteiger partial charge is 0.573 e. The van der Waals surface area contributed by atoms with Crippen molar-refractivity contribution in [2.45, 2.75) is 46.4 Å². The molecule has 240 valence electrons. The highest BCUT2D eigenvalue weighted by molar-refractivity contribution is 8.14. The van der Waals surface area contributed by atoms with Crippen LogP contribution in [0.1, 0.15) is 51.2 Å². The highest BCUT2D eigenvalue weighted by atomic mass is 32.2. The third-order valence-corrected chi connectivity index (χ3v) is 8.41. The van der Waals surface area contributed by atoms with E-state index in [-0.39, 0.29) is 17.5 Å². The first kappa shape index (κ1) is 32.7. The minimum Gasteiger partial charge on any atom is -0.406 e. The standard InChI is InChI=1S/C33H32F4N6O2S/c1-20(2)28-18-25(34)10-15-29(28)42-16-5-17-46-32(42)40-31(44)39-22(4)21(3)23-6-8-24(9-7-23)30-38-19-43(41-30)26-11-13-27(14-12-26)45-33(35,36)37/h6-15,18-20H,5,16-17H2,1-4H3,(H,39,44)/b22-21+,40-32?. The summed E-state index contributed by atoms with van der Waals surface area (Å²) in [5.41, 5.74) is 5.32. The van der Waals surface area contributed by atoms with Crippen LogP contribution in [-0.2, 0) is 0 Å². The number of benzene rings is 3. The molecule has 1 aromatic heterocycles. The van der Waals surface area contributed by atoms with Gasteiger partial charge >= 0.3 is 12.4 Å². The average Bonchev–Trinajstić information content (AvgIpc) is 3.51. The Balaban J connectivity index is 1.27. The third kappa shape index (κ3) is 7.94. The molecule has 1 N–H and O–H groups in total. The van der Waals surface area contributed by atoms with Gasteiger partial charge in [-0.1, -0.05) is 49.9 Å². The summed E-state index contributed by atoms with van der Waals surface area (Å²) in [5, 5.41) is 7.90. The van der Waals surface area contributed by atoms with Crippen LogP contribution in [0.15, 0.2) is 83.7 Å². The Labute approximate surface area is 268 Å². The van der Waals surface area contributed by atoms with Crippen LogP contribution in [0.25, 0.3) is 22.6 Å². The van der Waals surface area contributed by atoms with Gasteiger partial charge in [-0.2, -0.15) is 4.99 Å². The van der Waals surface area contributed by atoms with Crippen molar-refractivity contribution >= 4 is 34.2 Å². The van der Waals surface area contributed by atoms with Gasteiger partial charge in [0, 0.05) is 29.2 Å². The van der Waals surface area contributed by atoms with Crippen LogP contribution in [0.4, 0.5) is 28.0 Å². The molecule has 8 nitrogen and oxygen atoms in total. The zero-order valence-corrected chi connectivity index (χ0v) is 26.4. The van der Waals surface area contributed by atoms with Crippen LogP contribution in [-0.4, -0.2) is 44.6 Å². The quantitative estimate of drug-likeness (QED) is 0.202. The predicted molar refractivity (Wildman–Crippen MR) is 173 cm³/mol. The normalized spacial score (nSPS) is 15.2. The lowest BCUT2D eigenvalue weighted by atomic mass is 10.00. The van der Waals surface area contributed by atoms with E-state index in [9.17, 15) is 22.4 Å². The Kier molecular flexibility index (Phi) is 9.80. The van der Waals surface area contributed by atoms with E-state index in [1.807, 2.05) is 49.9 Å². The van der Waals surface area contributed by atoms with Gasteiger partial charge in [0.25, 0.3) is 0 Å². The number of rotatable bonds is 7. The molecule has 0 radical (unpaired) electrons. The lowest BCUT2D eigenvalue weighted by Crippen LogP contribution is -2.36. The summed E-state index contributed by atoms with van der Waals surface area (Å²) < 4.78 is 56.7. The van der Waals surface area contributed by atoms with E-state index in [2.05, 4.69) is 25.1 Å². The van der Waals surface area contributed by atoms with Crippen LogP contribution in [0.2, 0.25) is 0 Å². The number of amides is 2. The summed E-state index contributed by atoms with van der Waals surface area (Å²) in [6.45, 7) is 8.40. The molecule has 0 atom stereocenters. The summed E-state index contributed by atoms with van der Waals surface area (Å²) in [4.78, 5) is 23.7. The zero-order valence-electron chi connectivity index (χ0n) is 25.6. The maximum Gasteiger partial charge on any atom is 0.573 e. The average molecular weight is 653 g/mol. The number of nitrogens with zero attached hydrogens (tertiary/aromatic N) is 5. The van der Waals surface area contributed by atoms with Gasteiger partial charge in [-0.25, -0.2) is 18.9 Å². The number of aliphatic imine (C=N–C) groups is 1. The van der Waals surface area contributed by atoms with E-state index in [1.165, 1.54) is 53.1 Å². The minimum atomic E-state index is -4.76. The molecule has 0 bridgehead atoms. The number of carbonyl (C=O) groups is 1. The number of carbonyl (C=O) groups excluding carboxylic acids is 1. The van der Waals surface area contributed by atoms with Gasteiger partial charge in [0.1, 0.15) is 17.9 Å². The number of hydrogen-bond donors (Lipinski definition) is 1. The second-order valence-electron chi connectivity index (χ2n) is 10.9. The number of allylic oxidation sites excluding steroid dienone is 2. The number of hydrogen-bond acceptors (Lipinski definition) is 5. The molecule has 0 spiro atoms. The number of alkyl halides is 3. The fraction of sp³-hybridized carbons (Fsp3) is 0.273. The number of halogens is 4.